The fourth-order valence-electron chi connectivity index (χ4n) is 1.80. The van der Waals surface area contributed by atoms with Crippen LogP contribution in [-0.2, 0) is 5.88 Å². The van der Waals surface area contributed by atoms with E-state index < -0.39 is 0 Å². The average molecular weight is 265 g/mol. The second-order valence-electron chi connectivity index (χ2n) is 4.22. The molecule has 2 aromatic rings. The first-order valence-corrected chi connectivity index (χ1v) is 6.23. The molecule has 2 rings (SSSR count). The summed E-state index contributed by atoms with van der Waals surface area (Å²) in [5.74, 6) is 0.939. The molecule has 0 bridgehead atoms. The number of benzene rings is 2. The van der Waals surface area contributed by atoms with Gasteiger partial charge in [0.05, 0.1) is 5.88 Å². The predicted molar refractivity (Wildman–Crippen MR) is 71.9 cm³/mol. The smallest absolute Gasteiger partial charge is 0.134 e. The maximum atomic E-state index is 13.6. The van der Waals surface area contributed by atoms with Gasteiger partial charge in [0.1, 0.15) is 17.3 Å². The zero-order valence-corrected chi connectivity index (χ0v) is 11.1. The highest BCUT2D eigenvalue weighted by Gasteiger charge is 2.10. The average Bonchev–Trinajstić information content (AvgIpc) is 2.33. The van der Waals surface area contributed by atoms with Crippen molar-refractivity contribution in [2.45, 2.75) is 19.7 Å². The highest BCUT2D eigenvalue weighted by Crippen LogP contribution is 2.30. The van der Waals surface area contributed by atoms with Crippen molar-refractivity contribution in [3.8, 4) is 11.5 Å². The van der Waals surface area contributed by atoms with E-state index in [0.29, 0.717) is 11.3 Å². The fourth-order valence-corrected chi connectivity index (χ4v) is 2.06. The molecule has 0 unspecified atom stereocenters. The monoisotopic (exact) mass is 264 g/mol. The van der Waals surface area contributed by atoms with E-state index in [4.69, 9.17) is 16.3 Å². The SMILES string of the molecule is Cc1ccc(Oc2cccc(F)c2CCl)c(C)c1. The van der Waals surface area contributed by atoms with Crippen LogP contribution in [0.4, 0.5) is 4.39 Å². The van der Waals surface area contributed by atoms with Gasteiger partial charge in [-0.3, -0.25) is 0 Å². The van der Waals surface area contributed by atoms with Crippen LogP contribution >= 0.6 is 11.6 Å². The number of rotatable bonds is 3. The Bertz CT molecular complexity index is 566. The zero-order valence-electron chi connectivity index (χ0n) is 10.3. The lowest BCUT2D eigenvalue weighted by atomic mass is 10.1. The number of hydrogen-bond donors (Lipinski definition) is 0. The Morgan fingerprint density at radius 1 is 1.11 bits per heavy atom. The van der Waals surface area contributed by atoms with Gasteiger partial charge >= 0.3 is 0 Å². The summed E-state index contributed by atoms with van der Waals surface area (Å²) < 4.78 is 19.3. The maximum Gasteiger partial charge on any atom is 0.134 e. The number of halogens is 2. The van der Waals surface area contributed by atoms with E-state index >= 15 is 0 Å². The topological polar surface area (TPSA) is 9.23 Å². The minimum absolute atomic E-state index is 0.0902. The summed E-state index contributed by atoms with van der Waals surface area (Å²) in [5, 5.41) is 0. The summed E-state index contributed by atoms with van der Waals surface area (Å²) in [7, 11) is 0. The molecule has 0 N–H and O–H groups in total. The van der Waals surface area contributed by atoms with Gasteiger partial charge in [-0.1, -0.05) is 23.8 Å². The lowest BCUT2D eigenvalue weighted by Crippen LogP contribution is -1.94. The third-order valence-electron chi connectivity index (χ3n) is 2.76. The molecule has 0 aromatic heterocycles. The minimum Gasteiger partial charge on any atom is -0.457 e. The van der Waals surface area contributed by atoms with Crippen LogP contribution in [0, 0.1) is 19.7 Å². The molecule has 0 saturated carbocycles. The Hall–Kier alpha value is -1.54. The van der Waals surface area contributed by atoms with E-state index in [0.717, 1.165) is 16.9 Å². The van der Waals surface area contributed by atoms with Gasteiger partial charge in [0, 0.05) is 5.56 Å². The number of hydrogen-bond acceptors (Lipinski definition) is 1. The van der Waals surface area contributed by atoms with Crippen molar-refractivity contribution in [1.82, 2.24) is 0 Å². The van der Waals surface area contributed by atoms with Crippen molar-refractivity contribution in [2.75, 3.05) is 0 Å². The van der Waals surface area contributed by atoms with Crippen LogP contribution in [0.5, 0.6) is 11.5 Å². The Kier molecular flexibility index (Phi) is 3.87. The molecule has 0 spiro atoms. The molecular formula is C15H14ClFO. The van der Waals surface area contributed by atoms with E-state index in [2.05, 4.69) is 0 Å². The summed E-state index contributed by atoms with van der Waals surface area (Å²) in [6.07, 6.45) is 0. The molecule has 2 aromatic carbocycles. The van der Waals surface area contributed by atoms with Gasteiger partial charge in [-0.15, -0.1) is 11.6 Å². The van der Waals surface area contributed by atoms with Crippen molar-refractivity contribution in [3.05, 3.63) is 58.9 Å². The van der Waals surface area contributed by atoms with E-state index in [1.165, 1.54) is 6.07 Å². The Morgan fingerprint density at radius 2 is 1.89 bits per heavy atom. The van der Waals surface area contributed by atoms with Gasteiger partial charge in [0.2, 0.25) is 0 Å². The third kappa shape index (κ3) is 2.65. The van der Waals surface area contributed by atoms with Crippen molar-refractivity contribution in [2.24, 2.45) is 0 Å². The van der Waals surface area contributed by atoms with Crippen molar-refractivity contribution < 1.29 is 9.13 Å². The summed E-state index contributed by atoms with van der Waals surface area (Å²) in [6.45, 7) is 3.98. The first-order chi connectivity index (χ1) is 8.61. The lowest BCUT2D eigenvalue weighted by Gasteiger charge is -2.12. The Balaban J connectivity index is 2.37. The molecule has 0 amide bonds. The lowest BCUT2D eigenvalue weighted by molar-refractivity contribution is 0.467. The van der Waals surface area contributed by atoms with Crippen LogP contribution in [0.25, 0.3) is 0 Å². The Labute approximate surface area is 111 Å². The largest absolute Gasteiger partial charge is 0.457 e. The van der Waals surface area contributed by atoms with Crippen molar-refractivity contribution in [3.63, 3.8) is 0 Å². The van der Waals surface area contributed by atoms with Gasteiger partial charge in [0.15, 0.2) is 0 Å². The van der Waals surface area contributed by atoms with Crippen LogP contribution in [0.15, 0.2) is 36.4 Å². The molecule has 0 saturated heterocycles. The molecule has 0 aliphatic carbocycles. The normalized spacial score (nSPS) is 10.4. The summed E-state index contributed by atoms with van der Waals surface area (Å²) in [4.78, 5) is 0. The molecule has 0 aliphatic heterocycles. The van der Waals surface area contributed by atoms with Crippen molar-refractivity contribution in [1.29, 1.82) is 0 Å². The predicted octanol–water partition coefficient (Wildman–Crippen LogP) is 4.97. The van der Waals surface area contributed by atoms with Gasteiger partial charge in [-0.2, -0.15) is 0 Å². The highest BCUT2D eigenvalue weighted by molar-refractivity contribution is 6.17. The molecule has 0 atom stereocenters. The molecule has 1 nitrogen and oxygen atoms in total. The molecule has 0 fully saturated rings. The summed E-state index contributed by atoms with van der Waals surface area (Å²) in [6, 6.07) is 10.6. The van der Waals surface area contributed by atoms with Crippen LogP contribution in [0.2, 0.25) is 0 Å². The first kappa shape index (κ1) is 12.9. The van der Waals surface area contributed by atoms with E-state index in [9.17, 15) is 4.39 Å². The van der Waals surface area contributed by atoms with E-state index in [1.807, 2.05) is 32.0 Å². The number of ether oxygens (including phenoxy) is 1. The zero-order chi connectivity index (χ0) is 13.1. The second-order valence-corrected chi connectivity index (χ2v) is 4.49. The van der Waals surface area contributed by atoms with Gasteiger partial charge in [0.25, 0.3) is 0 Å². The number of alkyl halides is 1. The molecule has 18 heavy (non-hydrogen) atoms. The quantitative estimate of drug-likeness (QED) is 0.711. The van der Waals surface area contributed by atoms with Crippen LogP contribution < -0.4 is 4.74 Å². The second kappa shape index (κ2) is 5.40. The molecule has 0 radical (unpaired) electrons. The third-order valence-corrected chi connectivity index (χ3v) is 3.03. The minimum atomic E-state index is -0.340. The van der Waals surface area contributed by atoms with Crippen LogP contribution in [0.3, 0.4) is 0 Å². The van der Waals surface area contributed by atoms with Gasteiger partial charge < -0.3 is 4.74 Å². The highest BCUT2D eigenvalue weighted by atomic mass is 35.5. The summed E-state index contributed by atoms with van der Waals surface area (Å²) in [5.41, 5.74) is 2.57. The molecule has 0 heterocycles. The first-order valence-electron chi connectivity index (χ1n) is 5.70. The van der Waals surface area contributed by atoms with E-state index in [-0.39, 0.29) is 11.7 Å². The number of aryl methyl sites for hydroxylation is 2. The summed E-state index contributed by atoms with van der Waals surface area (Å²) >= 11 is 5.75. The van der Waals surface area contributed by atoms with Crippen LogP contribution in [-0.4, -0.2) is 0 Å². The molecule has 94 valence electrons. The Morgan fingerprint density at radius 3 is 2.56 bits per heavy atom. The molecular weight excluding hydrogens is 251 g/mol. The van der Waals surface area contributed by atoms with E-state index in [1.54, 1.807) is 12.1 Å². The van der Waals surface area contributed by atoms with Crippen molar-refractivity contribution >= 4 is 11.6 Å². The molecule has 0 aliphatic rings. The molecule has 3 heteroatoms. The maximum absolute atomic E-state index is 13.6. The van der Waals surface area contributed by atoms with Crippen LogP contribution in [0.1, 0.15) is 16.7 Å². The fraction of sp³-hybridized carbons (Fsp3) is 0.200. The van der Waals surface area contributed by atoms with Gasteiger partial charge in [-0.05, 0) is 37.6 Å². The standard InChI is InChI=1S/C15H14ClFO/c1-10-6-7-14(11(2)8-10)18-15-5-3-4-13(17)12(15)9-16/h3-8H,9H2,1-2H3. The van der Waals surface area contributed by atoms with Gasteiger partial charge in [-0.25, -0.2) is 4.39 Å².